The normalized spacial score (nSPS) is 17.8. The number of hydrogen-bond acceptors (Lipinski definition) is 3. The van der Waals surface area contributed by atoms with Crippen molar-refractivity contribution in [1.82, 2.24) is 4.90 Å². The van der Waals surface area contributed by atoms with Gasteiger partial charge in [0.1, 0.15) is 0 Å². The van der Waals surface area contributed by atoms with Crippen LogP contribution in [0, 0.1) is 5.92 Å². The van der Waals surface area contributed by atoms with E-state index in [1.54, 1.807) is 7.11 Å². The van der Waals surface area contributed by atoms with Crippen molar-refractivity contribution >= 4 is 0 Å². The number of methoxy groups -OCH3 is 1. The third kappa shape index (κ3) is 3.56. The van der Waals surface area contributed by atoms with E-state index < -0.39 is 0 Å². The zero-order valence-corrected chi connectivity index (χ0v) is 9.62. The molecule has 0 aromatic heterocycles. The molecule has 3 heteroatoms. The molecule has 84 valence electrons. The van der Waals surface area contributed by atoms with Gasteiger partial charge in [-0.1, -0.05) is 0 Å². The molecule has 0 aliphatic heterocycles. The van der Waals surface area contributed by atoms with Gasteiger partial charge in [0.2, 0.25) is 0 Å². The molecule has 0 aromatic rings. The van der Waals surface area contributed by atoms with Crippen molar-refractivity contribution in [3.05, 3.63) is 0 Å². The second-order valence-electron chi connectivity index (χ2n) is 4.85. The summed E-state index contributed by atoms with van der Waals surface area (Å²) >= 11 is 0. The van der Waals surface area contributed by atoms with Crippen LogP contribution in [0.15, 0.2) is 0 Å². The highest BCUT2D eigenvalue weighted by atomic mass is 16.5. The average Bonchev–Trinajstić information content (AvgIpc) is 2.95. The van der Waals surface area contributed by atoms with Crippen LogP contribution in [0.25, 0.3) is 0 Å². The van der Waals surface area contributed by atoms with Crippen molar-refractivity contribution in [3.8, 4) is 0 Å². The zero-order chi connectivity index (χ0) is 10.6. The molecule has 0 unspecified atom stereocenters. The summed E-state index contributed by atoms with van der Waals surface area (Å²) in [5, 5.41) is 9.31. The quantitative estimate of drug-likeness (QED) is 0.670. The third-order valence-electron chi connectivity index (χ3n) is 2.98. The Morgan fingerprint density at radius 3 is 2.50 bits per heavy atom. The fourth-order valence-electron chi connectivity index (χ4n) is 1.55. The topological polar surface area (TPSA) is 32.7 Å². The van der Waals surface area contributed by atoms with Gasteiger partial charge in [-0.15, -0.1) is 0 Å². The van der Waals surface area contributed by atoms with Crippen LogP contribution in [0.5, 0.6) is 0 Å². The molecule has 0 aromatic carbocycles. The molecule has 0 bridgehead atoms. The van der Waals surface area contributed by atoms with Crippen molar-refractivity contribution in [3.63, 3.8) is 0 Å². The Morgan fingerprint density at radius 1 is 1.43 bits per heavy atom. The highest BCUT2D eigenvalue weighted by Crippen LogP contribution is 2.31. The van der Waals surface area contributed by atoms with Crippen LogP contribution >= 0.6 is 0 Å². The van der Waals surface area contributed by atoms with Crippen molar-refractivity contribution in [2.45, 2.75) is 32.2 Å². The predicted molar refractivity (Wildman–Crippen MR) is 57.3 cm³/mol. The summed E-state index contributed by atoms with van der Waals surface area (Å²) in [6.45, 7) is 7.16. The van der Waals surface area contributed by atoms with E-state index in [1.807, 2.05) is 0 Å². The number of rotatable bonds is 7. The van der Waals surface area contributed by atoms with E-state index in [2.05, 4.69) is 18.7 Å². The summed E-state index contributed by atoms with van der Waals surface area (Å²) in [5.41, 5.74) is -0.110. The average molecular weight is 201 g/mol. The van der Waals surface area contributed by atoms with Crippen molar-refractivity contribution < 1.29 is 9.84 Å². The second-order valence-corrected chi connectivity index (χ2v) is 4.85. The Hall–Kier alpha value is -0.120. The lowest BCUT2D eigenvalue weighted by Gasteiger charge is -2.37. The van der Waals surface area contributed by atoms with Gasteiger partial charge in [-0.25, -0.2) is 0 Å². The number of nitrogens with zero attached hydrogens (tertiary/aromatic N) is 1. The van der Waals surface area contributed by atoms with Gasteiger partial charge in [0.25, 0.3) is 0 Å². The van der Waals surface area contributed by atoms with Crippen LogP contribution in [-0.2, 0) is 4.74 Å². The molecule has 1 aliphatic rings. The van der Waals surface area contributed by atoms with E-state index in [0.29, 0.717) is 0 Å². The maximum atomic E-state index is 9.31. The summed E-state index contributed by atoms with van der Waals surface area (Å²) in [7, 11) is 1.72. The highest BCUT2D eigenvalue weighted by molar-refractivity contribution is 4.86. The molecule has 0 amide bonds. The maximum Gasteiger partial charge on any atom is 0.0610 e. The molecule has 0 saturated heterocycles. The number of ether oxygens (including phenoxy) is 1. The fraction of sp³-hybridized carbons (Fsp3) is 1.00. The minimum absolute atomic E-state index is 0.110. The standard InChI is InChI=1S/C11H23NO2/c1-11(2,9-13)12(6-7-14-3)8-10-4-5-10/h10,13H,4-9H2,1-3H3. The minimum Gasteiger partial charge on any atom is -0.394 e. The molecule has 0 radical (unpaired) electrons. The van der Waals surface area contributed by atoms with Gasteiger partial charge in [0.15, 0.2) is 0 Å². The zero-order valence-electron chi connectivity index (χ0n) is 9.62. The summed E-state index contributed by atoms with van der Waals surface area (Å²) in [6, 6.07) is 0. The summed E-state index contributed by atoms with van der Waals surface area (Å²) < 4.78 is 5.09. The SMILES string of the molecule is COCCN(CC1CC1)C(C)(C)CO. The first kappa shape index (κ1) is 12.0. The van der Waals surface area contributed by atoms with Gasteiger partial charge in [0.05, 0.1) is 13.2 Å². The van der Waals surface area contributed by atoms with Crippen LogP contribution in [0.2, 0.25) is 0 Å². The van der Waals surface area contributed by atoms with Crippen LogP contribution in [0.3, 0.4) is 0 Å². The first-order valence-corrected chi connectivity index (χ1v) is 5.45. The maximum absolute atomic E-state index is 9.31. The van der Waals surface area contributed by atoms with E-state index in [9.17, 15) is 5.11 Å². The van der Waals surface area contributed by atoms with E-state index in [-0.39, 0.29) is 12.1 Å². The van der Waals surface area contributed by atoms with Crippen LogP contribution in [-0.4, -0.2) is 49.0 Å². The summed E-state index contributed by atoms with van der Waals surface area (Å²) in [4.78, 5) is 2.34. The number of aliphatic hydroxyl groups is 1. The molecule has 14 heavy (non-hydrogen) atoms. The minimum atomic E-state index is -0.110. The lowest BCUT2D eigenvalue weighted by molar-refractivity contribution is 0.0324. The molecule has 1 rings (SSSR count). The Labute approximate surface area is 87.1 Å². The molecule has 1 aliphatic carbocycles. The molecule has 1 N–H and O–H groups in total. The van der Waals surface area contributed by atoms with E-state index in [4.69, 9.17) is 4.74 Å². The number of hydrogen-bond donors (Lipinski definition) is 1. The largest absolute Gasteiger partial charge is 0.394 e. The lowest BCUT2D eigenvalue weighted by Crippen LogP contribution is -2.49. The molecule has 1 fully saturated rings. The van der Waals surface area contributed by atoms with Gasteiger partial charge >= 0.3 is 0 Å². The molecule has 0 heterocycles. The first-order chi connectivity index (χ1) is 6.60. The molecule has 0 spiro atoms. The van der Waals surface area contributed by atoms with Gasteiger partial charge in [-0.3, -0.25) is 4.90 Å². The van der Waals surface area contributed by atoms with Gasteiger partial charge in [-0.2, -0.15) is 0 Å². The Morgan fingerprint density at radius 2 is 2.07 bits per heavy atom. The third-order valence-corrected chi connectivity index (χ3v) is 2.98. The summed E-state index contributed by atoms with van der Waals surface area (Å²) in [5.74, 6) is 0.859. The van der Waals surface area contributed by atoms with Crippen molar-refractivity contribution in [2.24, 2.45) is 5.92 Å². The summed E-state index contributed by atoms with van der Waals surface area (Å²) in [6.07, 6.45) is 2.70. The van der Waals surface area contributed by atoms with E-state index in [1.165, 1.54) is 12.8 Å². The Kier molecular flexibility index (Phi) is 4.35. The monoisotopic (exact) mass is 201 g/mol. The first-order valence-electron chi connectivity index (χ1n) is 5.45. The lowest BCUT2D eigenvalue weighted by atomic mass is 10.0. The smallest absolute Gasteiger partial charge is 0.0610 e. The van der Waals surface area contributed by atoms with Crippen LogP contribution in [0.4, 0.5) is 0 Å². The Bertz CT molecular complexity index is 167. The Balaban J connectivity index is 2.41. The van der Waals surface area contributed by atoms with Crippen molar-refractivity contribution in [2.75, 3.05) is 33.4 Å². The second kappa shape index (κ2) is 5.10. The predicted octanol–water partition coefficient (Wildman–Crippen LogP) is 1.12. The highest BCUT2D eigenvalue weighted by Gasteiger charge is 2.31. The molecule has 0 atom stereocenters. The van der Waals surface area contributed by atoms with E-state index in [0.717, 1.165) is 25.6 Å². The molecule has 3 nitrogen and oxygen atoms in total. The van der Waals surface area contributed by atoms with Crippen LogP contribution < -0.4 is 0 Å². The van der Waals surface area contributed by atoms with Gasteiger partial charge < -0.3 is 9.84 Å². The van der Waals surface area contributed by atoms with E-state index >= 15 is 0 Å². The molecule has 1 saturated carbocycles. The van der Waals surface area contributed by atoms with Gasteiger partial charge in [0, 0.05) is 25.7 Å². The molecular formula is C11H23NO2. The van der Waals surface area contributed by atoms with Crippen molar-refractivity contribution in [1.29, 1.82) is 0 Å². The van der Waals surface area contributed by atoms with Crippen LogP contribution in [0.1, 0.15) is 26.7 Å². The van der Waals surface area contributed by atoms with Gasteiger partial charge in [-0.05, 0) is 32.6 Å². The number of aliphatic hydroxyl groups excluding tert-OH is 1. The molecular weight excluding hydrogens is 178 g/mol. The fourth-order valence-corrected chi connectivity index (χ4v) is 1.55.